The van der Waals surface area contributed by atoms with Crippen molar-refractivity contribution in [1.82, 2.24) is 4.57 Å². The Balaban J connectivity index is 1.02. The Bertz CT molecular complexity index is 3870. The molecule has 13 aromatic rings. The number of anilines is 3. The number of hydrogen-bond donors (Lipinski definition) is 0. The van der Waals surface area contributed by atoms with E-state index in [1.165, 1.54) is 93.2 Å². The highest BCUT2D eigenvalue weighted by Crippen LogP contribution is 2.47. The molecule has 2 nitrogen and oxygen atoms in total. The van der Waals surface area contributed by atoms with Crippen LogP contribution < -0.4 is 4.90 Å². The lowest BCUT2D eigenvalue weighted by atomic mass is 9.91. The molecule has 0 spiro atoms. The van der Waals surface area contributed by atoms with Crippen molar-refractivity contribution in [3.8, 4) is 50.2 Å². The SMILES string of the molecule is c1ccc(-c2ccc(-c3cccc(N(c4cccc(-c5ccccc5-c5ccccc5)c4)c4ccc5ccc6c(-n7c8ccccc8c8ccccc87)ccc7ccc4c5c76)c3)cc2)cc1. The molecule has 0 bridgehead atoms. The smallest absolute Gasteiger partial charge is 0.0541 e. The van der Waals surface area contributed by atoms with E-state index >= 15 is 0 Å². The Morgan fingerprint density at radius 3 is 1.39 bits per heavy atom. The Kier molecular flexibility index (Phi) is 8.89. The molecule has 0 saturated carbocycles. The normalized spacial score (nSPS) is 11.6. The van der Waals surface area contributed by atoms with Crippen LogP contribution in [0.4, 0.5) is 17.1 Å². The lowest BCUT2D eigenvalue weighted by molar-refractivity contribution is 1.20. The minimum absolute atomic E-state index is 1.09. The molecule has 0 atom stereocenters. The predicted molar refractivity (Wildman–Crippen MR) is 281 cm³/mol. The number of hydrogen-bond acceptors (Lipinski definition) is 1. The van der Waals surface area contributed by atoms with Crippen molar-refractivity contribution >= 4 is 71.2 Å². The van der Waals surface area contributed by atoms with E-state index < -0.39 is 0 Å². The molecule has 1 aromatic heterocycles. The zero-order valence-corrected chi connectivity index (χ0v) is 36.1. The molecular formula is C64H42N2. The van der Waals surface area contributed by atoms with Crippen LogP contribution in [0, 0.1) is 0 Å². The molecule has 0 radical (unpaired) electrons. The topological polar surface area (TPSA) is 8.17 Å². The fourth-order valence-corrected chi connectivity index (χ4v) is 10.5. The number of fused-ring (bicyclic) bond motifs is 3. The average molecular weight is 839 g/mol. The van der Waals surface area contributed by atoms with E-state index in [2.05, 4.69) is 264 Å². The van der Waals surface area contributed by atoms with E-state index in [1.807, 2.05) is 0 Å². The minimum Gasteiger partial charge on any atom is -0.310 e. The van der Waals surface area contributed by atoms with Gasteiger partial charge in [-0.25, -0.2) is 0 Å². The maximum Gasteiger partial charge on any atom is 0.0541 e. The monoisotopic (exact) mass is 838 g/mol. The van der Waals surface area contributed by atoms with Crippen LogP contribution in [0.15, 0.2) is 255 Å². The summed E-state index contributed by atoms with van der Waals surface area (Å²) in [5.74, 6) is 0. The van der Waals surface area contributed by atoms with E-state index in [1.54, 1.807) is 0 Å². The third-order valence-corrected chi connectivity index (χ3v) is 13.5. The van der Waals surface area contributed by atoms with Gasteiger partial charge in [-0.15, -0.1) is 0 Å². The van der Waals surface area contributed by atoms with Crippen LogP contribution in [-0.2, 0) is 0 Å². The van der Waals surface area contributed by atoms with Crippen molar-refractivity contribution in [3.63, 3.8) is 0 Å². The second-order valence-electron chi connectivity index (χ2n) is 17.3. The third-order valence-electron chi connectivity index (χ3n) is 13.5. The van der Waals surface area contributed by atoms with Gasteiger partial charge in [0.2, 0.25) is 0 Å². The average Bonchev–Trinajstić information content (AvgIpc) is 3.73. The largest absolute Gasteiger partial charge is 0.310 e. The molecule has 0 aliphatic heterocycles. The lowest BCUT2D eigenvalue weighted by Crippen LogP contribution is -2.11. The Morgan fingerprint density at radius 1 is 0.273 bits per heavy atom. The summed E-state index contributed by atoms with van der Waals surface area (Å²) < 4.78 is 2.46. The zero-order valence-electron chi connectivity index (χ0n) is 36.1. The van der Waals surface area contributed by atoms with Crippen LogP contribution in [0.1, 0.15) is 0 Å². The maximum absolute atomic E-state index is 2.47. The molecule has 0 saturated heterocycles. The summed E-state index contributed by atoms with van der Waals surface area (Å²) >= 11 is 0. The van der Waals surface area contributed by atoms with Gasteiger partial charge in [0.25, 0.3) is 0 Å². The van der Waals surface area contributed by atoms with E-state index in [0.29, 0.717) is 0 Å². The number of rotatable bonds is 8. The first-order valence-electron chi connectivity index (χ1n) is 22.8. The van der Waals surface area contributed by atoms with Crippen molar-refractivity contribution in [3.05, 3.63) is 255 Å². The molecule has 12 aromatic carbocycles. The van der Waals surface area contributed by atoms with Gasteiger partial charge in [-0.2, -0.15) is 0 Å². The van der Waals surface area contributed by atoms with Crippen LogP contribution in [0.25, 0.3) is 104 Å². The van der Waals surface area contributed by atoms with Gasteiger partial charge in [-0.3, -0.25) is 0 Å². The molecule has 0 aliphatic carbocycles. The van der Waals surface area contributed by atoms with Gasteiger partial charge in [0.15, 0.2) is 0 Å². The van der Waals surface area contributed by atoms with Gasteiger partial charge in [0, 0.05) is 32.9 Å². The molecule has 2 heteroatoms. The molecule has 0 amide bonds. The first-order valence-corrected chi connectivity index (χ1v) is 22.8. The van der Waals surface area contributed by atoms with Crippen LogP contribution in [0.3, 0.4) is 0 Å². The summed E-state index contributed by atoms with van der Waals surface area (Å²) in [5.41, 5.74) is 16.5. The molecule has 0 fully saturated rings. The number of aromatic nitrogens is 1. The zero-order chi connectivity index (χ0) is 43.6. The third kappa shape index (κ3) is 6.18. The van der Waals surface area contributed by atoms with Crippen molar-refractivity contribution in [2.45, 2.75) is 0 Å². The number of nitrogens with zero attached hydrogens (tertiary/aromatic N) is 2. The fourth-order valence-electron chi connectivity index (χ4n) is 10.5. The number of benzene rings is 12. The highest BCUT2D eigenvalue weighted by molar-refractivity contribution is 6.27. The Morgan fingerprint density at radius 2 is 0.727 bits per heavy atom. The molecule has 13 rings (SSSR count). The Hall–Kier alpha value is -8.72. The van der Waals surface area contributed by atoms with Gasteiger partial charge in [0.05, 0.1) is 22.4 Å². The van der Waals surface area contributed by atoms with Gasteiger partial charge in [-0.1, -0.05) is 206 Å². The molecule has 0 aliphatic rings. The van der Waals surface area contributed by atoms with E-state index in [-0.39, 0.29) is 0 Å². The van der Waals surface area contributed by atoms with Gasteiger partial charge < -0.3 is 9.47 Å². The Labute approximate surface area is 383 Å². The quantitative estimate of drug-likeness (QED) is 0.138. The van der Waals surface area contributed by atoms with Crippen LogP contribution >= 0.6 is 0 Å². The molecule has 66 heavy (non-hydrogen) atoms. The van der Waals surface area contributed by atoms with Crippen LogP contribution in [0.2, 0.25) is 0 Å². The second-order valence-corrected chi connectivity index (χ2v) is 17.3. The van der Waals surface area contributed by atoms with Crippen LogP contribution in [0.5, 0.6) is 0 Å². The summed E-state index contributed by atoms with van der Waals surface area (Å²) in [5, 5.41) is 9.98. The molecule has 0 N–H and O–H groups in total. The fraction of sp³-hybridized carbons (Fsp3) is 0. The number of para-hydroxylation sites is 2. The molecule has 0 unspecified atom stereocenters. The highest BCUT2D eigenvalue weighted by Gasteiger charge is 2.22. The maximum atomic E-state index is 2.47. The standard InChI is InChI=1S/C64H42N2/c1-3-15-43(16-4-1)44-29-31-45(32-30-44)49-19-13-21-51(41-49)65(52-22-14-20-50(42-52)54-24-8-7-23-53(54)46-17-5-2-6-18-46)61-39-35-47-34-38-58-62(40-36-48-33-37-57(61)63(47)64(48)58)66-59-27-11-9-25-55(59)56-26-10-12-28-60(56)66/h1-42H. The van der Waals surface area contributed by atoms with Crippen molar-refractivity contribution < 1.29 is 0 Å². The van der Waals surface area contributed by atoms with Crippen LogP contribution in [-0.4, -0.2) is 4.57 Å². The molecule has 308 valence electrons. The summed E-state index contributed by atoms with van der Waals surface area (Å²) in [4.78, 5) is 2.47. The summed E-state index contributed by atoms with van der Waals surface area (Å²) in [6, 6.07) is 93.3. The molecular weight excluding hydrogens is 797 g/mol. The predicted octanol–water partition coefficient (Wildman–Crippen LogP) is 17.8. The lowest BCUT2D eigenvalue weighted by Gasteiger charge is -2.29. The first-order chi connectivity index (χ1) is 32.7. The van der Waals surface area contributed by atoms with Gasteiger partial charge in [0.1, 0.15) is 0 Å². The van der Waals surface area contributed by atoms with E-state index in [0.717, 1.165) is 28.2 Å². The second kappa shape index (κ2) is 15.5. The van der Waals surface area contributed by atoms with Crippen molar-refractivity contribution in [2.24, 2.45) is 0 Å². The minimum atomic E-state index is 1.09. The van der Waals surface area contributed by atoms with E-state index in [9.17, 15) is 0 Å². The highest BCUT2D eigenvalue weighted by atomic mass is 15.1. The summed E-state index contributed by atoms with van der Waals surface area (Å²) in [6.45, 7) is 0. The van der Waals surface area contributed by atoms with Crippen molar-refractivity contribution in [2.75, 3.05) is 4.90 Å². The van der Waals surface area contributed by atoms with Gasteiger partial charge in [-0.05, 0) is 115 Å². The molecule has 1 heterocycles. The van der Waals surface area contributed by atoms with Gasteiger partial charge >= 0.3 is 0 Å². The summed E-state index contributed by atoms with van der Waals surface area (Å²) in [6.07, 6.45) is 0. The van der Waals surface area contributed by atoms with Crippen molar-refractivity contribution in [1.29, 1.82) is 0 Å². The summed E-state index contributed by atoms with van der Waals surface area (Å²) in [7, 11) is 0. The van der Waals surface area contributed by atoms with E-state index in [4.69, 9.17) is 0 Å². The first kappa shape index (κ1) is 37.8.